The highest BCUT2D eigenvalue weighted by atomic mass is 16.4. The number of carbonyl (C=O) groups is 1. The lowest BCUT2D eigenvalue weighted by Gasteiger charge is -2.09. The zero-order valence-electron chi connectivity index (χ0n) is 6.87. The molecule has 66 valence electrons. The third-order valence-electron chi connectivity index (χ3n) is 1.37. The van der Waals surface area contributed by atoms with Gasteiger partial charge in [-0.3, -0.25) is 0 Å². The van der Waals surface area contributed by atoms with Gasteiger partial charge in [-0.15, -0.1) is 0 Å². The van der Waals surface area contributed by atoms with Crippen LogP contribution in [0.5, 0.6) is 0 Å². The van der Waals surface area contributed by atoms with Crippen LogP contribution in [0.4, 0.5) is 0 Å². The second-order valence-corrected chi connectivity index (χ2v) is 2.18. The average Bonchev–Trinajstić information content (AvgIpc) is 2.00. The number of rotatable bonds is 3. The molecule has 0 saturated heterocycles. The molecule has 0 fully saturated rings. The predicted molar refractivity (Wildman–Crippen MR) is 41.2 cm³/mol. The van der Waals surface area contributed by atoms with Crippen molar-refractivity contribution in [2.45, 2.75) is 19.8 Å². The molecule has 0 aromatic carbocycles. The lowest BCUT2D eigenvalue weighted by atomic mass is 9.87. The van der Waals surface area contributed by atoms with Crippen LogP contribution in [0, 0.1) is 28.1 Å². The second kappa shape index (κ2) is 5.11. The smallest absolute Gasteiger partial charge is 0.338 e. The summed E-state index contributed by atoms with van der Waals surface area (Å²) in [4.78, 5) is 10.4. The van der Waals surface area contributed by atoms with Gasteiger partial charge < -0.3 is 11.3 Å². The van der Waals surface area contributed by atoms with Crippen molar-refractivity contribution in [1.29, 1.82) is 10.5 Å². The summed E-state index contributed by atoms with van der Waals surface area (Å²) in [6, 6.07) is 3.01. The van der Waals surface area contributed by atoms with Gasteiger partial charge in [0.05, 0.1) is 12.1 Å². The van der Waals surface area contributed by atoms with Crippen molar-refractivity contribution >= 4 is 5.97 Å². The van der Waals surface area contributed by atoms with E-state index in [4.69, 9.17) is 15.6 Å². The van der Waals surface area contributed by atoms with E-state index in [1.54, 1.807) is 6.92 Å². The molecule has 0 aliphatic heterocycles. The van der Waals surface area contributed by atoms with Gasteiger partial charge in [-0.2, -0.15) is 10.5 Å². The van der Waals surface area contributed by atoms with Crippen LogP contribution in [0.25, 0.3) is 0 Å². The number of nitrogens with zero attached hydrogens (tertiary/aromatic N) is 2. The standard InChI is InChI=1S/C7H8N2O2.H3N/c1-2-3-7(4-8,5-9)6(10)11;/h2-3H2,1H3,(H,10,11);1H3. The maximum absolute atomic E-state index is 10.4. The van der Waals surface area contributed by atoms with Gasteiger partial charge in [0.25, 0.3) is 0 Å². The van der Waals surface area contributed by atoms with Crippen molar-refractivity contribution in [2.24, 2.45) is 5.41 Å². The molecule has 0 aromatic rings. The molecular formula is C7H11N3O2. The Hall–Kier alpha value is -1.59. The maximum atomic E-state index is 10.4. The summed E-state index contributed by atoms with van der Waals surface area (Å²) in [7, 11) is 0. The Morgan fingerprint density at radius 1 is 1.50 bits per heavy atom. The molecule has 0 aromatic heterocycles. The Bertz CT molecular complexity index is 222. The first-order chi connectivity index (χ1) is 5.13. The summed E-state index contributed by atoms with van der Waals surface area (Å²) in [5.74, 6) is -1.36. The van der Waals surface area contributed by atoms with Crippen LogP contribution >= 0.6 is 0 Å². The van der Waals surface area contributed by atoms with Gasteiger partial charge in [0.2, 0.25) is 5.41 Å². The number of carboxylic acid groups (broad SMARTS) is 1. The van der Waals surface area contributed by atoms with Gasteiger partial charge in [0.1, 0.15) is 0 Å². The van der Waals surface area contributed by atoms with Crippen LogP contribution in [0.2, 0.25) is 0 Å². The zero-order chi connectivity index (χ0) is 8.91. The minimum atomic E-state index is -1.84. The SMILES string of the molecule is CCCC(C#N)(C#N)C(=O)O.N. The van der Waals surface area contributed by atoms with Gasteiger partial charge in [0, 0.05) is 0 Å². The Balaban J connectivity index is 0. The van der Waals surface area contributed by atoms with Gasteiger partial charge in [-0.05, 0) is 6.42 Å². The van der Waals surface area contributed by atoms with Crippen molar-refractivity contribution in [3.8, 4) is 12.1 Å². The molecule has 0 unspecified atom stereocenters. The zero-order valence-corrected chi connectivity index (χ0v) is 6.87. The van der Waals surface area contributed by atoms with Gasteiger partial charge >= 0.3 is 5.97 Å². The van der Waals surface area contributed by atoms with Crippen LogP contribution in [0.15, 0.2) is 0 Å². The number of hydrogen-bond acceptors (Lipinski definition) is 4. The quantitative estimate of drug-likeness (QED) is 0.654. The average molecular weight is 169 g/mol. The summed E-state index contributed by atoms with van der Waals surface area (Å²) in [6.45, 7) is 1.73. The molecule has 5 heteroatoms. The van der Waals surface area contributed by atoms with Crippen molar-refractivity contribution < 1.29 is 9.90 Å². The minimum absolute atomic E-state index is 0. The predicted octanol–water partition coefficient (Wildman–Crippen LogP) is 1.07. The van der Waals surface area contributed by atoms with E-state index in [0.717, 1.165) is 0 Å². The summed E-state index contributed by atoms with van der Waals surface area (Å²) >= 11 is 0. The van der Waals surface area contributed by atoms with Crippen molar-refractivity contribution in [1.82, 2.24) is 6.15 Å². The first-order valence-electron chi connectivity index (χ1n) is 3.19. The maximum Gasteiger partial charge on any atom is 0.338 e. The molecule has 0 heterocycles. The van der Waals surface area contributed by atoms with Gasteiger partial charge in [-0.25, -0.2) is 4.79 Å². The van der Waals surface area contributed by atoms with Crippen LogP contribution in [-0.2, 0) is 4.79 Å². The minimum Gasteiger partial charge on any atom is -0.479 e. The molecule has 5 nitrogen and oxygen atoms in total. The first kappa shape index (κ1) is 13.0. The Labute approximate surface area is 70.8 Å². The summed E-state index contributed by atoms with van der Waals surface area (Å²) in [5.41, 5.74) is -1.84. The van der Waals surface area contributed by atoms with E-state index in [2.05, 4.69) is 0 Å². The fraction of sp³-hybridized carbons (Fsp3) is 0.571. The molecule has 0 atom stereocenters. The van der Waals surface area contributed by atoms with Crippen LogP contribution in [0.1, 0.15) is 19.8 Å². The fourth-order valence-corrected chi connectivity index (χ4v) is 0.714. The highest BCUT2D eigenvalue weighted by molar-refractivity contribution is 5.81. The molecule has 0 bridgehead atoms. The Kier molecular flexibility index (Phi) is 5.55. The van der Waals surface area contributed by atoms with Gasteiger partial charge in [0.15, 0.2) is 0 Å². The number of carboxylic acids is 1. The number of hydrogen-bond donors (Lipinski definition) is 2. The van der Waals surface area contributed by atoms with E-state index in [9.17, 15) is 4.79 Å². The largest absolute Gasteiger partial charge is 0.479 e. The van der Waals surface area contributed by atoms with E-state index in [1.807, 2.05) is 0 Å². The molecule has 0 spiro atoms. The van der Waals surface area contributed by atoms with Crippen molar-refractivity contribution in [2.75, 3.05) is 0 Å². The van der Waals surface area contributed by atoms with Crippen molar-refractivity contribution in [3.05, 3.63) is 0 Å². The molecule has 0 saturated carbocycles. The van der Waals surface area contributed by atoms with Crippen LogP contribution < -0.4 is 6.15 Å². The summed E-state index contributed by atoms with van der Waals surface area (Å²) < 4.78 is 0. The van der Waals surface area contributed by atoms with E-state index in [0.29, 0.717) is 6.42 Å². The normalized spacial score (nSPS) is 8.92. The summed E-state index contributed by atoms with van der Waals surface area (Å²) in [5, 5.41) is 25.4. The molecule has 0 aliphatic carbocycles. The molecule has 0 amide bonds. The topological polar surface area (TPSA) is 120 Å². The lowest BCUT2D eigenvalue weighted by molar-refractivity contribution is -0.143. The number of nitriles is 2. The van der Waals surface area contributed by atoms with E-state index in [1.165, 1.54) is 12.1 Å². The second-order valence-electron chi connectivity index (χ2n) is 2.18. The third kappa shape index (κ3) is 2.22. The van der Waals surface area contributed by atoms with E-state index >= 15 is 0 Å². The van der Waals surface area contributed by atoms with Crippen molar-refractivity contribution in [3.63, 3.8) is 0 Å². The summed E-state index contributed by atoms with van der Waals surface area (Å²) in [6.07, 6.45) is 0.586. The van der Waals surface area contributed by atoms with E-state index < -0.39 is 11.4 Å². The van der Waals surface area contributed by atoms with Gasteiger partial charge in [-0.1, -0.05) is 13.3 Å². The Morgan fingerprint density at radius 3 is 2.00 bits per heavy atom. The first-order valence-corrected chi connectivity index (χ1v) is 3.19. The fourth-order valence-electron chi connectivity index (χ4n) is 0.714. The van der Waals surface area contributed by atoms with E-state index in [-0.39, 0.29) is 12.6 Å². The van der Waals surface area contributed by atoms with Crippen LogP contribution in [-0.4, -0.2) is 11.1 Å². The highest BCUT2D eigenvalue weighted by Gasteiger charge is 2.38. The lowest BCUT2D eigenvalue weighted by Crippen LogP contribution is -2.27. The molecule has 0 radical (unpaired) electrons. The Morgan fingerprint density at radius 2 is 1.92 bits per heavy atom. The van der Waals surface area contributed by atoms with Crippen LogP contribution in [0.3, 0.4) is 0 Å². The molecule has 0 rings (SSSR count). The molecule has 4 N–H and O–H groups in total. The molecule has 0 aliphatic rings. The molecular weight excluding hydrogens is 158 g/mol. The molecule has 12 heavy (non-hydrogen) atoms. The third-order valence-corrected chi connectivity index (χ3v) is 1.37. The number of aliphatic carboxylic acids is 1. The monoisotopic (exact) mass is 169 g/mol. The highest BCUT2D eigenvalue weighted by Crippen LogP contribution is 2.21.